The van der Waals surface area contributed by atoms with Crippen molar-refractivity contribution in [1.82, 2.24) is 15.5 Å². The van der Waals surface area contributed by atoms with Gasteiger partial charge in [0.2, 0.25) is 11.7 Å². The van der Waals surface area contributed by atoms with E-state index in [0.717, 1.165) is 24.4 Å². The Morgan fingerprint density at radius 1 is 0.914 bits per heavy atom. The SMILES string of the molecule is COc1ccc(C(CNC(=O)CNC(=O)c2cc(OC)c(OC)c(OC)c2)N2CCOCC2)cc1. The normalized spacial score (nSPS) is 14.5. The van der Waals surface area contributed by atoms with Crippen molar-refractivity contribution < 1.29 is 33.3 Å². The molecule has 1 unspecified atom stereocenters. The lowest BCUT2D eigenvalue weighted by molar-refractivity contribution is -0.120. The van der Waals surface area contributed by atoms with E-state index in [1.54, 1.807) is 7.11 Å². The van der Waals surface area contributed by atoms with Gasteiger partial charge in [-0.15, -0.1) is 0 Å². The first-order valence-electron chi connectivity index (χ1n) is 11.3. The Morgan fingerprint density at radius 2 is 1.54 bits per heavy atom. The van der Waals surface area contributed by atoms with Crippen LogP contribution in [-0.2, 0) is 9.53 Å². The molecule has 1 saturated heterocycles. The standard InChI is InChI=1S/C25H33N3O7/c1-31-19-7-5-17(6-8-19)20(28-9-11-35-12-10-28)15-26-23(29)16-27-25(30)18-13-21(32-2)24(34-4)22(14-18)33-3/h5-8,13-14,20H,9-12,15-16H2,1-4H3,(H,26,29)(H,27,30). The summed E-state index contributed by atoms with van der Waals surface area (Å²) in [5.74, 6) is 1.14. The Morgan fingerprint density at radius 3 is 2.09 bits per heavy atom. The van der Waals surface area contributed by atoms with Crippen LogP contribution in [0.2, 0.25) is 0 Å². The van der Waals surface area contributed by atoms with E-state index >= 15 is 0 Å². The molecular formula is C25H33N3O7. The molecule has 35 heavy (non-hydrogen) atoms. The van der Waals surface area contributed by atoms with E-state index in [9.17, 15) is 9.59 Å². The predicted octanol–water partition coefficient (Wildman–Crippen LogP) is 1.64. The van der Waals surface area contributed by atoms with Crippen LogP contribution in [0.25, 0.3) is 0 Å². The Bertz CT molecular complexity index is 966. The predicted molar refractivity (Wildman–Crippen MR) is 130 cm³/mol. The topological polar surface area (TPSA) is 108 Å². The summed E-state index contributed by atoms with van der Waals surface area (Å²) in [6.45, 7) is 3.05. The fourth-order valence-electron chi connectivity index (χ4n) is 3.92. The van der Waals surface area contributed by atoms with Crippen molar-refractivity contribution in [2.75, 3.05) is 67.8 Å². The molecule has 3 rings (SSSR count). The molecule has 2 aromatic rings. The highest BCUT2D eigenvalue weighted by Gasteiger charge is 2.24. The zero-order chi connectivity index (χ0) is 25.2. The van der Waals surface area contributed by atoms with E-state index in [2.05, 4.69) is 15.5 Å². The minimum absolute atomic E-state index is 0.0282. The lowest BCUT2D eigenvalue weighted by Gasteiger charge is -2.35. The van der Waals surface area contributed by atoms with Crippen LogP contribution in [0, 0.1) is 0 Å². The van der Waals surface area contributed by atoms with Gasteiger partial charge in [0, 0.05) is 25.2 Å². The number of benzene rings is 2. The maximum absolute atomic E-state index is 12.7. The van der Waals surface area contributed by atoms with Crippen LogP contribution in [0.1, 0.15) is 22.0 Å². The molecule has 10 heteroatoms. The second-order valence-corrected chi connectivity index (χ2v) is 7.84. The van der Waals surface area contributed by atoms with Gasteiger partial charge in [-0.2, -0.15) is 0 Å². The number of ether oxygens (including phenoxy) is 5. The Labute approximate surface area is 205 Å². The van der Waals surface area contributed by atoms with E-state index in [4.69, 9.17) is 23.7 Å². The molecule has 1 atom stereocenters. The number of morpholine rings is 1. The Kier molecular flexibility index (Phi) is 9.56. The van der Waals surface area contributed by atoms with Crippen molar-refractivity contribution in [3.63, 3.8) is 0 Å². The van der Waals surface area contributed by atoms with Gasteiger partial charge in [-0.25, -0.2) is 0 Å². The average Bonchev–Trinajstić information content (AvgIpc) is 2.91. The van der Waals surface area contributed by atoms with Gasteiger partial charge in [0.15, 0.2) is 11.5 Å². The van der Waals surface area contributed by atoms with Crippen LogP contribution in [0.5, 0.6) is 23.0 Å². The second kappa shape index (κ2) is 12.8. The molecule has 0 aliphatic carbocycles. The molecule has 1 fully saturated rings. The van der Waals surface area contributed by atoms with E-state index in [1.807, 2.05) is 24.3 Å². The smallest absolute Gasteiger partial charge is 0.251 e. The van der Waals surface area contributed by atoms with Gasteiger partial charge in [0.05, 0.1) is 54.2 Å². The van der Waals surface area contributed by atoms with E-state index < -0.39 is 5.91 Å². The van der Waals surface area contributed by atoms with Gasteiger partial charge in [-0.1, -0.05) is 12.1 Å². The largest absolute Gasteiger partial charge is 0.497 e. The molecule has 0 spiro atoms. The van der Waals surface area contributed by atoms with Crippen molar-refractivity contribution >= 4 is 11.8 Å². The first-order valence-corrected chi connectivity index (χ1v) is 11.3. The number of nitrogens with one attached hydrogen (secondary N) is 2. The summed E-state index contributed by atoms with van der Waals surface area (Å²) in [4.78, 5) is 27.5. The molecule has 0 aromatic heterocycles. The summed E-state index contributed by atoms with van der Waals surface area (Å²) < 4.78 is 26.6. The van der Waals surface area contributed by atoms with Crippen molar-refractivity contribution in [2.45, 2.75) is 6.04 Å². The number of carbonyl (C=O) groups excluding carboxylic acids is 2. The third kappa shape index (κ3) is 6.77. The fraction of sp³-hybridized carbons (Fsp3) is 0.440. The number of amides is 2. The number of carbonyl (C=O) groups is 2. The molecule has 0 radical (unpaired) electrons. The van der Waals surface area contributed by atoms with Crippen LogP contribution >= 0.6 is 0 Å². The van der Waals surface area contributed by atoms with Crippen LogP contribution < -0.4 is 29.6 Å². The number of methoxy groups -OCH3 is 4. The second-order valence-electron chi connectivity index (χ2n) is 7.84. The summed E-state index contributed by atoms with van der Waals surface area (Å²) in [5, 5.41) is 5.58. The number of nitrogens with zero attached hydrogens (tertiary/aromatic N) is 1. The van der Waals surface area contributed by atoms with Gasteiger partial charge >= 0.3 is 0 Å². The summed E-state index contributed by atoms with van der Waals surface area (Å²) in [6.07, 6.45) is 0. The van der Waals surface area contributed by atoms with Crippen LogP contribution in [0.15, 0.2) is 36.4 Å². The van der Waals surface area contributed by atoms with Crippen molar-refractivity contribution in [2.24, 2.45) is 0 Å². The third-order valence-electron chi connectivity index (χ3n) is 5.82. The van der Waals surface area contributed by atoms with E-state index in [1.165, 1.54) is 33.5 Å². The highest BCUT2D eigenvalue weighted by atomic mass is 16.5. The molecule has 10 nitrogen and oxygen atoms in total. The van der Waals surface area contributed by atoms with Crippen molar-refractivity contribution in [3.8, 4) is 23.0 Å². The molecule has 0 bridgehead atoms. The third-order valence-corrected chi connectivity index (χ3v) is 5.82. The van der Waals surface area contributed by atoms with Gasteiger partial charge < -0.3 is 34.3 Å². The minimum Gasteiger partial charge on any atom is -0.497 e. The average molecular weight is 488 g/mol. The lowest BCUT2D eigenvalue weighted by Crippen LogP contribution is -2.45. The number of hydrogen-bond acceptors (Lipinski definition) is 8. The monoisotopic (exact) mass is 487 g/mol. The number of hydrogen-bond donors (Lipinski definition) is 2. The summed E-state index contributed by atoms with van der Waals surface area (Å²) in [6, 6.07) is 10.8. The molecule has 190 valence electrons. The highest BCUT2D eigenvalue weighted by Crippen LogP contribution is 2.38. The molecule has 1 aliphatic rings. The first-order chi connectivity index (χ1) is 17.0. The minimum atomic E-state index is -0.431. The molecule has 1 aliphatic heterocycles. The van der Waals surface area contributed by atoms with Crippen molar-refractivity contribution in [1.29, 1.82) is 0 Å². The quantitative estimate of drug-likeness (QED) is 0.493. The molecule has 0 saturated carbocycles. The van der Waals surface area contributed by atoms with E-state index in [0.29, 0.717) is 37.0 Å². The Balaban J connectivity index is 1.61. The molecule has 2 amide bonds. The lowest BCUT2D eigenvalue weighted by atomic mass is 10.0. The van der Waals surface area contributed by atoms with Gasteiger partial charge in [0.25, 0.3) is 5.91 Å². The van der Waals surface area contributed by atoms with Crippen LogP contribution in [-0.4, -0.2) is 84.5 Å². The van der Waals surface area contributed by atoms with Gasteiger partial charge in [0.1, 0.15) is 5.75 Å². The van der Waals surface area contributed by atoms with Gasteiger partial charge in [-0.05, 0) is 29.8 Å². The Hall–Kier alpha value is -3.50. The maximum Gasteiger partial charge on any atom is 0.251 e. The van der Waals surface area contributed by atoms with Crippen molar-refractivity contribution in [3.05, 3.63) is 47.5 Å². The number of rotatable bonds is 11. The van der Waals surface area contributed by atoms with Crippen LogP contribution in [0.4, 0.5) is 0 Å². The van der Waals surface area contributed by atoms with Crippen LogP contribution in [0.3, 0.4) is 0 Å². The highest BCUT2D eigenvalue weighted by molar-refractivity contribution is 5.97. The molecule has 1 heterocycles. The first kappa shape index (κ1) is 26.1. The zero-order valence-corrected chi connectivity index (χ0v) is 20.6. The van der Waals surface area contributed by atoms with E-state index in [-0.39, 0.29) is 24.1 Å². The molecule has 2 aromatic carbocycles. The summed E-state index contributed by atoms with van der Waals surface area (Å²) in [7, 11) is 6.06. The zero-order valence-electron chi connectivity index (χ0n) is 20.6. The maximum atomic E-state index is 12.7. The fourth-order valence-corrected chi connectivity index (χ4v) is 3.92. The molecule has 2 N–H and O–H groups in total. The van der Waals surface area contributed by atoms with Gasteiger partial charge in [-0.3, -0.25) is 14.5 Å². The summed E-state index contributed by atoms with van der Waals surface area (Å²) in [5.41, 5.74) is 1.35. The summed E-state index contributed by atoms with van der Waals surface area (Å²) >= 11 is 0. The molecular weight excluding hydrogens is 454 g/mol.